The average molecular weight is 284 g/mol. The summed E-state index contributed by atoms with van der Waals surface area (Å²) in [5, 5.41) is 0. The van der Waals surface area contributed by atoms with Crippen molar-refractivity contribution < 1.29 is 18.8 Å². The second-order valence-corrected chi connectivity index (χ2v) is 6.85. The van der Waals surface area contributed by atoms with E-state index in [1.54, 1.807) is 0 Å². The van der Waals surface area contributed by atoms with Crippen molar-refractivity contribution in [2.75, 3.05) is 13.2 Å². The predicted octanol–water partition coefficient (Wildman–Crippen LogP) is 3.40. The minimum atomic E-state index is -0.200. The normalized spacial score (nSPS) is 25.5. The summed E-state index contributed by atoms with van der Waals surface area (Å²) >= 11 is 0. The van der Waals surface area contributed by atoms with Crippen LogP contribution < -0.4 is 0 Å². The molecule has 0 aromatic heterocycles. The van der Waals surface area contributed by atoms with E-state index in [9.17, 15) is 0 Å². The Morgan fingerprint density at radius 3 is 2.00 bits per heavy atom. The third kappa shape index (κ3) is 4.20. The molecule has 4 nitrogen and oxygen atoms in total. The largest absolute Gasteiger partial charge is 0.457 e. The monoisotopic (exact) mass is 284 g/mol. The molecule has 2 fully saturated rings. The topological polar surface area (TPSA) is 36.9 Å². The Labute approximate surface area is 123 Å². The lowest BCUT2D eigenvalue weighted by atomic mass is 9.82. The quantitative estimate of drug-likeness (QED) is 0.530. The molecule has 2 aliphatic heterocycles. The summed E-state index contributed by atoms with van der Waals surface area (Å²) < 4.78 is 22.8. The number of rotatable bonds is 7. The van der Waals surface area contributed by atoms with E-state index in [0.29, 0.717) is 0 Å². The molecule has 0 aliphatic carbocycles. The lowest BCUT2D eigenvalue weighted by Gasteiger charge is -2.32. The van der Waals surface area contributed by atoms with Crippen LogP contribution in [0.15, 0.2) is 0 Å². The van der Waals surface area contributed by atoms with E-state index >= 15 is 0 Å². The first-order valence-electron chi connectivity index (χ1n) is 7.99. The summed E-state index contributed by atoms with van der Waals surface area (Å²) in [5.41, 5.74) is -0.399. The summed E-state index contributed by atoms with van der Waals surface area (Å²) in [5.74, 6) is 0. The minimum Gasteiger partial charge on any atom is -0.403 e. The van der Waals surface area contributed by atoms with Gasteiger partial charge in [-0.15, -0.1) is 0 Å². The van der Waals surface area contributed by atoms with E-state index in [-0.39, 0.29) is 24.6 Å². The molecule has 2 heterocycles. The van der Waals surface area contributed by atoms with Gasteiger partial charge in [-0.25, -0.2) is 0 Å². The van der Waals surface area contributed by atoms with E-state index in [1.165, 1.54) is 19.3 Å². The molecule has 0 spiro atoms. The predicted molar refractivity (Wildman–Crippen MR) is 79.7 cm³/mol. The molecular weight excluding hydrogens is 255 g/mol. The number of ether oxygens (including phenoxy) is 2. The molecule has 116 valence electrons. The van der Waals surface area contributed by atoms with Gasteiger partial charge in [-0.3, -0.25) is 0 Å². The maximum absolute atomic E-state index is 5.99. The third-order valence-electron chi connectivity index (χ3n) is 4.62. The Bertz CT molecular complexity index is 284. The van der Waals surface area contributed by atoms with Crippen molar-refractivity contribution >= 4 is 7.12 Å². The third-order valence-corrected chi connectivity index (χ3v) is 4.62. The van der Waals surface area contributed by atoms with Crippen molar-refractivity contribution in [3.05, 3.63) is 0 Å². The van der Waals surface area contributed by atoms with E-state index in [1.807, 2.05) is 0 Å². The van der Waals surface area contributed by atoms with E-state index in [4.69, 9.17) is 18.8 Å². The van der Waals surface area contributed by atoms with Crippen LogP contribution in [0.1, 0.15) is 59.8 Å². The van der Waals surface area contributed by atoms with Gasteiger partial charge in [-0.2, -0.15) is 0 Å². The smallest absolute Gasteiger partial charge is 0.403 e. The number of hydrogen-bond donors (Lipinski definition) is 0. The molecule has 2 saturated heterocycles. The fourth-order valence-electron chi connectivity index (χ4n) is 2.63. The first-order valence-corrected chi connectivity index (χ1v) is 7.99. The van der Waals surface area contributed by atoms with Gasteiger partial charge < -0.3 is 18.8 Å². The Hall–Kier alpha value is -0.0951. The van der Waals surface area contributed by atoms with Crippen molar-refractivity contribution in [2.24, 2.45) is 0 Å². The molecule has 0 aromatic carbocycles. The average Bonchev–Trinajstić information content (AvgIpc) is 2.91. The van der Waals surface area contributed by atoms with Gasteiger partial charge in [0, 0.05) is 0 Å². The van der Waals surface area contributed by atoms with Gasteiger partial charge in [0.2, 0.25) is 0 Å². The van der Waals surface area contributed by atoms with Crippen LogP contribution in [0.25, 0.3) is 0 Å². The van der Waals surface area contributed by atoms with Gasteiger partial charge in [0.25, 0.3) is 0 Å². The lowest BCUT2D eigenvalue weighted by Crippen LogP contribution is -2.41. The summed E-state index contributed by atoms with van der Waals surface area (Å²) in [4.78, 5) is 0. The minimum absolute atomic E-state index is 0.0403. The highest BCUT2D eigenvalue weighted by Crippen LogP contribution is 2.38. The first-order chi connectivity index (χ1) is 9.41. The van der Waals surface area contributed by atoms with E-state index < -0.39 is 0 Å². The molecule has 0 amide bonds. The maximum Gasteiger partial charge on any atom is 0.457 e. The number of hydrogen-bond acceptors (Lipinski definition) is 4. The molecule has 0 aromatic rings. The highest BCUT2D eigenvalue weighted by molar-refractivity contribution is 6.45. The fourth-order valence-corrected chi connectivity index (χ4v) is 2.63. The van der Waals surface area contributed by atoms with Gasteiger partial charge in [0.15, 0.2) is 6.29 Å². The molecule has 0 saturated carbocycles. The van der Waals surface area contributed by atoms with Crippen molar-refractivity contribution in [1.82, 2.24) is 0 Å². The van der Waals surface area contributed by atoms with Crippen LogP contribution in [0.3, 0.4) is 0 Å². The van der Waals surface area contributed by atoms with Crippen molar-refractivity contribution in [3.63, 3.8) is 0 Å². The van der Waals surface area contributed by atoms with Gasteiger partial charge in [-0.1, -0.05) is 19.3 Å². The second-order valence-electron chi connectivity index (χ2n) is 6.85. The van der Waals surface area contributed by atoms with Crippen molar-refractivity contribution in [1.29, 1.82) is 0 Å². The van der Waals surface area contributed by atoms with E-state index in [2.05, 4.69) is 27.7 Å². The van der Waals surface area contributed by atoms with Gasteiger partial charge in [0.05, 0.1) is 24.4 Å². The van der Waals surface area contributed by atoms with Crippen LogP contribution in [-0.2, 0) is 18.8 Å². The van der Waals surface area contributed by atoms with Gasteiger partial charge >= 0.3 is 7.12 Å². The highest BCUT2D eigenvalue weighted by atomic mass is 16.7. The molecule has 2 aliphatic rings. The maximum atomic E-state index is 5.99. The lowest BCUT2D eigenvalue weighted by molar-refractivity contribution is -0.0480. The Kier molecular flexibility index (Phi) is 5.52. The standard InChI is InChI=1S/C15H29BO4/c1-14(2)15(3,4)20-16(19-14)10-8-6-5-7-9-13-17-11-12-18-13/h13H,5-12H2,1-4H3. The molecule has 0 unspecified atom stereocenters. The van der Waals surface area contributed by atoms with Crippen LogP contribution in [-0.4, -0.2) is 37.8 Å². The SMILES string of the molecule is CC1(C)OB(CCCCCCC2OCCO2)OC1(C)C. The molecule has 0 radical (unpaired) electrons. The fraction of sp³-hybridized carbons (Fsp3) is 1.00. The van der Waals surface area contributed by atoms with Crippen LogP contribution in [0.2, 0.25) is 6.32 Å². The molecule has 20 heavy (non-hydrogen) atoms. The summed E-state index contributed by atoms with van der Waals surface area (Å²) in [6.45, 7) is 9.94. The first kappa shape index (κ1) is 16.3. The highest BCUT2D eigenvalue weighted by Gasteiger charge is 2.50. The van der Waals surface area contributed by atoms with Gasteiger partial charge in [-0.05, 0) is 46.9 Å². The van der Waals surface area contributed by atoms with Crippen LogP contribution in [0, 0.1) is 0 Å². The zero-order valence-corrected chi connectivity index (χ0v) is 13.4. The zero-order chi connectivity index (χ0) is 14.6. The Morgan fingerprint density at radius 2 is 1.40 bits per heavy atom. The summed E-state index contributed by atoms with van der Waals surface area (Å²) in [6, 6.07) is 0. The molecular formula is C15H29BO4. The van der Waals surface area contributed by atoms with Gasteiger partial charge in [0.1, 0.15) is 0 Å². The molecule has 2 rings (SSSR count). The zero-order valence-electron chi connectivity index (χ0n) is 13.4. The van der Waals surface area contributed by atoms with Crippen LogP contribution in [0.4, 0.5) is 0 Å². The van der Waals surface area contributed by atoms with E-state index in [0.717, 1.165) is 32.4 Å². The van der Waals surface area contributed by atoms with Crippen molar-refractivity contribution in [2.45, 2.75) is 83.6 Å². The molecule has 0 bridgehead atoms. The van der Waals surface area contributed by atoms with Crippen LogP contribution >= 0.6 is 0 Å². The number of unbranched alkanes of at least 4 members (excludes halogenated alkanes) is 3. The summed E-state index contributed by atoms with van der Waals surface area (Å²) in [7, 11) is -0.0403. The molecule has 5 heteroatoms. The Morgan fingerprint density at radius 1 is 0.850 bits per heavy atom. The summed E-state index contributed by atoms with van der Waals surface area (Å²) in [6.07, 6.45) is 6.84. The van der Waals surface area contributed by atoms with Crippen LogP contribution in [0.5, 0.6) is 0 Å². The van der Waals surface area contributed by atoms with Crippen molar-refractivity contribution in [3.8, 4) is 0 Å². The molecule has 0 atom stereocenters. The Balaban J connectivity index is 1.51. The molecule has 0 N–H and O–H groups in total. The second kappa shape index (κ2) is 6.78.